The lowest BCUT2D eigenvalue weighted by Crippen LogP contribution is -2.05. The summed E-state index contributed by atoms with van der Waals surface area (Å²) in [6.45, 7) is 8.05. The highest BCUT2D eigenvalue weighted by Gasteiger charge is 2.18. The molecule has 0 aromatic heterocycles. The molecule has 12 heavy (non-hydrogen) atoms. The number of allylic oxidation sites excluding steroid dienone is 2. The van der Waals surface area contributed by atoms with Crippen LogP contribution in [0.4, 0.5) is 0 Å². The maximum Gasteiger partial charge on any atom is 0.0958 e. The number of nitrogens with zero attached hydrogens (tertiary/aromatic N) is 1. The first kappa shape index (κ1) is 9.41. The summed E-state index contributed by atoms with van der Waals surface area (Å²) in [5.41, 5.74) is 1.95. The Morgan fingerprint density at radius 2 is 2.42 bits per heavy atom. The van der Waals surface area contributed by atoms with E-state index in [1.807, 2.05) is 6.92 Å². The SMILES string of the molecule is C=C(C)C1=C(C#N)CCC(C)S1. The lowest BCUT2D eigenvalue weighted by atomic mass is 10.1. The maximum atomic E-state index is 8.83. The Morgan fingerprint density at radius 3 is 2.92 bits per heavy atom. The minimum atomic E-state index is 0.633. The summed E-state index contributed by atoms with van der Waals surface area (Å²) in [4.78, 5) is 1.12. The number of nitriles is 1. The monoisotopic (exact) mass is 179 g/mol. The molecule has 1 aliphatic heterocycles. The predicted octanol–water partition coefficient (Wildman–Crippen LogP) is 3.26. The molecular weight excluding hydrogens is 166 g/mol. The van der Waals surface area contributed by atoms with Crippen LogP contribution in [0.5, 0.6) is 0 Å². The first-order valence-electron chi connectivity index (χ1n) is 4.11. The van der Waals surface area contributed by atoms with Gasteiger partial charge < -0.3 is 0 Å². The quantitative estimate of drug-likeness (QED) is 0.617. The molecule has 0 aliphatic carbocycles. The van der Waals surface area contributed by atoms with Crippen LogP contribution >= 0.6 is 11.8 Å². The van der Waals surface area contributed by atoms with Gasteiger partial charge in [0.05, 0.1) is 6.07 Å². The molecule has 64 valence electrons. The van der Waals surface area contributed by atoms with E-state index in [1.54, 1.807) is 11.8 Å². The third-order valence-electron chi connectivity index (χ3n) is 1.92. The summed E-state index contributed by atoms with van der Waals surface area (Å²) in [5.74, 6) is 0. The molecule has 0 aromatic rings. The van der Waals surface area contributed by atoms with Crippen molar-refractivity contribution in [3.05, 3.63) is 22.6 Å². The van der Waals surface area contributed by atoms with Crippen molar-refractivity contribution >= 4 is 11.8 Å². The molecule has 0 spiro atoms. The van der Waals surface area contributed by atoms with E-state index in [0.29, 0.717) is 5.25 Å². The largest absolute Gasteiger partial charge is 0.193 e. The van der Waals surface area contributed by atoms with Crippen LogP contribution in [0.2, 0.25) is 0 Å². The molecule has 1 heterocycles. The van der Waals surface area contributed by atoms with Crippen LogP contribution in [0.15, 0.2) is 22.6 Å². The molecule has 2 heteroatoms. The number of thioether (sulfide) groups is 1. The Balaban J connectivity index is 2.94. The normalized spacial score (nSPS) is 23.6. The van der Waals surface area contributed by atoms with Crippen molar-refractivity contribution in [1.82, 2.24) is 0 Å². The van der Waals surface area contributed by atoms with Crippen LogP contribution < -0.4 is 0 Å². The van der Waals surface area contributed by atoms with E-state index in [0.717, 1.165) is 28.9 Å². The van der Waals surface area contributed by atoms with E-state index in [2.05, 4.69) is 19.6 Å². The Bertz CT molecular complexity index is 270. The summed E-state index contributed by atoms with van der Waals surface area (Å²) in [5, 5.41) is 9.47. The Labute approximate surface area is 78.2 Å². The predicted molar refractivity (Wildman–Crippen MR) is 53.7 cm³/mol. The van der Waals surface area contributed by atoms with Gasteiger partial charge in [-0.15, -0.1) is 11.8 Å². The van der Waals surface area contributed by atoms with Crippen molar-refractivity contribution in [2.24, 2.45) is 0 Å². The van der Waals surface area contributed by atoms with Crippen LogP contribution in [0.25, 0.3) is 0 Å². The van der Waals surface area contributed by atoms with Gasteiger partial charge in [-0.05, 0) is 25.3 Å². The van der Waals surface area contributed by atoms with Gasteiger partial charge in [0, 0.05) is 15.7 Å². The fraction of sp³-hybridized carbons (Fsp3) is 0.500. The Kier molecular flexibility index (Phi) is 2.99. The molecule has 0 amide bonds. The van der Waals surface area contributed by atoms with Gasteiger partial charge in [0.1, 0.15) is 0 Å². The standard InChI is InChI=1S/C10H13NS/c1-7(2)10-9(6-11)5-4-8(3)12-10/h8H,1,4-5H2,2-3H3. The van der Waals surface area contributed by atoms with Gasteiger partial charge in [-0.3, -0.25) is 0 Å². The molecule has 0 aromatic carbocycles. The molecule has 0 bridgehead atoms. The summed E-state index contributed by atoms with van der Waals surface area (Å²) >= 11 is 1.78. The van der Waals surface area contributed by atoms with Gasteiger partial charge in [0.15, 0.2) is 0 Å². The van der Waals surface area contributed by atoms with Crippen molar-refractivity contribution in [3.8, 4) is 6.07 Å². The average Bonchev–Trinajstić information content (AvgIpc) is 2.04. The molecule has 0 N–H and O–H groups in total. The summed E-state index contributed by atoms with van der Waals surface area (Å²) in [7, 11) is 0. The summed E-state index contributed by atoms with van der Waals surface area (Å²) in [6.07, 6.45) is 2.04. The zero-order chi connectivity index (χ0) is 9.14. The molecule has 0 radical (unpaired) electrons. The van der Waals surface area contributed by atoms with Crippen molar-refractivity contribution in [1.29, 1.82) is 5.26 Å². The van der Waals surface area contributed by atoms with Gasteiger partial charge in [-0.25, -0.2) is 0 Å². The lowest BCUT2D eigenvalue weighted by molar-refractivity contribution is 0.804. The van der Waals surface area contributed by atoms with Gasteiger partial charge in [-0.1, -0.05) is 13.5 Å². The van der Waals surface area contributed by atoms with E-state index in [-0.39, 0.29) is 0 Å². The number of rotatable bonds is 1. The van der Waals surface area contributed by atoms with Crippen molar-refractivity contribution in [2.75, 3.05) is 0 Å². The second-order valence-corrected chi connectivity index (χ2v) is 4.62. The zero-order valence-electron chi connectivity index (χ0n) is 7.55. The fourth-order valence-corrected chi connectivity index (χ4v) is 2.39. The average molecular weight is 179 g/mol. The topological polar surface area (TPSA) is 23.8 Å². The van der Waals surface area contributed by atoms with E-state index >= 15 is 0 Å². The van der Waals surface area contributed by atoms with Crippen molar-refractivity contribution in [2.45, 2.75) is 31.9 Å². The first-order chi connectivity index (χ1) is 5.65. The summed E-state index contributed by atoms with van der Waals surface area (Å²) in [6, 6.07) is 2.25. The molecule has 1 aliphatic rings. The molecule has 1 rings (SSSR count). The molecule has 1 nitrogen and oxygen atoms in total. The van der Waals surface area contributed by atoms with Crippen LogP contribution in [-0.4, -0.2) is 5.25 Å². The molecular formula is C10H13NS. The van der Waals surface area contributed by atoms with Gasteiger partial charge in [0.25, 0.3) is 0 Å². The first-order valence-corrected chi connectivity index (χ1v) is 4.99. The molecule has 0 saturated heterocycles. The van der Waals surface area contributed by atoms with E-state index < -0.39 is 0 Å². The molecule has 0 fully saturated rings. The highest BCUT2D eigenvalue weighted by Crippen LogP contribution is 2.38. The highest BCUT2D eigenvalue weighted by atomic mass is 32.2. The van der Waals surface area contributed by atoms with Crippen LogP contribution in [0, 0.1) is 11.3 Å². The van der Waals surface area contributed by atoms with Gasteiger partial charge >= 0.3 is 0 Å². The minimum absolute atomic E-state index is 0.633. The van der Waals surface area contributed by atoms with Gasteiger partial charge in [0.2, 0.25) is 0 Å². The number of hydrogen-bond acceptors (Lipinski definition) is 2. The third-order valence-corrected chi connectivity index (χ3v) is 3.39. The Hall–Kier alpha value is -0.680. The lowest BCUT2D eigenvalue weighted by Gasteiger charge is -2.20. The minimum Gasteiger partial charge on any atom is -0.193 e. The van der Waals surface area contributed by atoms with Crippen molar-refractivity contribution in [3.63, 3.8) is 0 Å². The summed E-state index contributed by atoms with van der Waals surface area (Å²) < 4.78 is 0. The smallest absolute Gasteiger partial charge is 0.0958 e. The second-order valence-electron chi connectivity index (χ2n) is 3.17. The second kappa shape index (κ2) is 3.82. The number of hydrogen-bond donors (Lipinski definition) is 0. The van der Waals surface area contributed by atoms with Crippen molar-refractivity contribution < 1.29 is 0 Å². The van der Waals surface area contributed by atoms with E-state index in [1.165, 1.54) is 0 Å². The van der Waals surface area contributed by atoms with Gasteiger partial charge in [-0.2, -0.15) is 5.26 Å². The van der Waals surface area contributed by atoms with Crippen LogP contribution in [0.1, 0.15) is 26.7 Å². The maximum absolute atomic E-state index is 8.83. The molecule has 0 saturated carbocycles. The fourth-order valence-electron chi connectivity index (χ4n) is 1.26. The van der Waals surface area contributed by atoms with Crippen LogP contribution in [-0.2, 0) is 0 Å². The highest BCUT2D eigenvalue weighted by molar-refractivity contribution is 8.04. The third kappa shape index (κ3) is 1.92. The zero-order valence-corrected chi connectivity index (χ0v) is 8.37. The van der Waals surface area contributed by atoms with E-state index in [4.69, 9.17) is 5.26 Å². The van der Waals surface area contributed by atoms with E-state index in [9.17, 15) is 0 Å². The molecule has 1 unspecified atom stereocenters. The van der Waals surface area contributed by atoms with Crippen LogP contribution in [0.3, 0.4) is 0 Å². The molecule has 1 atom stereocenters. The Morgan fingerprint density at radius 1 is 1.75 bits per heavy atom.